The summed E-state index contributed by atoms with van der Waals surface area (Å²) >= 11 is 7.25. The molecule has 150 valence electrons. The summed E-state index contributed by atoms with van der Waals surface area (Å²) in [4.78, 5) is 25.5. The Morgan fingerprint density at radius 2 is 1.76 bits per heavy atom. The SMILES string of the molecule is CCOc1ccccc1NC(=O)c1ccsc1NC(=O)c1cc(Cl)ccc1OC. The molecule has 0 spiro atoms. The molecule has 0 bridgehead atoms. The first-order chi connectivity index (χ1) is 14.0. The monoisotopic (exact) mass is 430 g/mol. The Kier molecular flexibility index (Phi) is 6.74. The Bertz CT molecular complexity index is 1040. The van der Waals surface area contributed by atoms with Gasteiger partial charge in [0.25, 0.3) is 11.8 Å². The lowest BCUT2D eigenvalue weighted by Crippen LogP contribution is -2.17. The number of thiophene rings is 1. The van der Waals surface area contributed by atoms with Crippen LogP contribution < -0.4 is 20.1 Å². The molecule has 0 saturated carbocycles. The van der Waals surface area contributed by atoms with Crippen LogP contribution in [0, 0.1) is 0 Å². The number of methoxy groups -OCH3 is 1. The molecule has 3 rings (SSSR count). The second-order valence-corrected chi connectivity index (χ2v) is 7.20. The topological polar surface area (TPSA) is 76.7 Å². The number of carbonyl (C=O) groups is 2. The van der Waals surface area contributed by atoms with E-state index < -0.39 is 5.91 Å². The molecule has 1 heterocycles. The van der Waals surface area contributed by atoms with Crippen molar-refractivity contribution in [2.45, 2.75) is 6.92 Å². The van der Waals surface area contributed by atoms with E-state index in [0.717, 1.165) is 0 Å². The Labute approximate surface area is 177 Å². The lowest BCUT2D eigenvalue weighted by atomic mass is 10.2. The van der Waals surface area contributed by atoms with Crippen molar-refractivity contribution in [3.05, 3.63) is 70.1 Å². The fourth-order valence-electron chi connectivity index (χ4n) is 2.65. The number of amides is 2. The number of anilines is 2. The first-order valence-electron chi connectivity index (χ1n) is 8.79. The molecule has 0 saturated heterocycles. The maximum atomic E-state index is 12.8. The summed E-state index contributed by atoms with van der Waals surface area (Å²) in [7, 11) is 1.47. The first-order valence-corrected chi connectivity index (χ1v) is 10.0. The van der Waals surface area contributed by atoms with Crippen LogP contribution in [0.2, 0.25) is 5.02 Å². The van der Waals surface area contributed by atoms with Crippen LogP contribution in [0.15, 0.2) is 53.9 Å². The molecule has 2 N–H and O–H groups in total. The van der Waals surface area contributed by atoms with E-state index in [0.29, 0.717) is 39.4 Å². The minimum atomic E-state index is -0.421. The van der Waals surface area contributed by atoms with Gasteiger partial charge in [-0.15, -0.1) is 11.3 Å². The van der Waals surface area contributed by atoms with Gasteiger partial charge in [0.2, 0.25) is 0 Å². The summed E-state index contributed by atoms with van der Waals surface area (Å²) in [5, 5.41) is 8.15. The van der Waals surface area contributed by atoms with Crippen molar-refractivity contribution in [2.24, 2.45) is 0 Å². The summed E-state index contributed by atoms with van der Waals surface area (Å²) in [5.74, 6) is 0.190. The van der Waals surface area contributed by atoms with Crippen molar-refractivity contribution in [3.8, 4) is 11.5 Å². The van der Waals surface area contributed by atoms with Crippen molar-refractivity contribution in [2.75, 3.05) is 24.4 Å². The molecular formula is C21H19ClN2O4S. The second kappa shape index (κ2) is 9.45. The number of carbonyl (C=O) groups excluding carboxylic acids is 2. The van der Waals surface area contributed by atoms with Crippen LogP contribution in [0.4, 0.5) is 10.7 Å². The molecule has 0 aliphatic carbocycles. The Balaban J connectivity index is 1.80. The minimum Gasteiger partial charge on any atom is -0.496 e. The lowest BCUT2D eigenvalue weighted by Gasteiger charge is -2.12. The van der Waals surface area contributed by atoms with Crippen LogP contribution in [0.3, 0.4) is 0 Å². The zero-order valence-corrected chi connectivity index (χ0v) is 17.4. The van der Waals surface area contributed by atoms with Crippen LogP contribution in [0.25, 0.3) is 0 Å². The van der Waals surface area contributed by atoms with Crippen molar-refractivity contribution in [1.29, 1.82) is 0 Å². The average Bonchev–Trinajstić information content (AvgIpc) is 3.17. The summed E-state index contributed by atoms with van der Waals surface area (Å²) in [6, 6.07) is 13.6. The van der Waals surface area contributed by atoms with Gasteiger partial charge in [-0.2, -0.15) is 0 Å². The van der Waals surface area contributed by atoms with E-state index in [-0.39, 0.29) is 11.5 Å². The highest BCUT2D eigenvalue weighted by Gasteiger charge is 2.19. The van der Waals surface area contributed by atoms with Crippen molar-refractivity contribution < 1.29 is 19.1 Å². The number of ether oxygens (including phenoxy) is 2. The fraction of sp³-hybridized carbons (Fsp3) is 0.143. The molecule has 6 nitrogen and oxygen atoms in total. The third-order valence-corrected chi connectivity index (χ3v) is 5.04. The lowest BCUT2D eigenvalue weighted by molar-refractivity contribution is 0.102. The summed E-state index contributed by atoms with van der Waals surface area (Å²) in [6.07, 6.45) is 0. The molecule has 8 heteroatoms. The highest BCUT2D eigenvalue weighted by molar-refractivity contribution is 7.14. The van der Waals surface area contributed by atoms with Gasteiger partial charge in [0.1, 0.15) is 16.5 Å². The van der Waals surface area contributed by atoms with E-state index in [1.807, 2.05) is 13.0 Å². The molecule has 0 radical (unpaired) electrons. The Morgan fingerprint density at radius 1 is 1.00 bits per heavy atom. The predicted molar refractivity (Wildman–Crippen MR) is 116 cm³/mol. The fourth-order valence-corrected chi connectivity index (χ4v) is 3.61. The summed E-state index contributed by atoms with van der Waals surface area (Å²) < 4.78 is 10.8. The quantitative estimate of drug-likeness (QED) is 0.532. The first kappa shape index (κ1) is 20.7. The molecular weight excluding hydrogens is 412 g/mol. The van der Waals surface area contributed by atoms with Gasteiger partial charge in [0.05, 0.1) is 30.5 Å². The zero-order valence-electron chi connectivity index (χ0n) is 15.8. The standard InChI is InChI=1S/C21H19ClN2O4S/c1-3-28-18-7-5-4-6-16(18)23-19(25)14-10-11-29-21(14)24-20(26)15-12-13(22)8-9-17(15)27-2/h4-12H,3H2,1-2H3,(H,23,25)(H,24,26). The number of halogens is 1. The number of nitrogens with one attached hydrogen (secondary N) is 2. The van der Waals surface area contributed by atoms with Gasteiger partial charge in [0, 0.05) is 5.02 Å². The zero-order chi connectivity index (χ0) is 20.8. The van der Waals surface area contributed by atoms with Crippen molar-refractivity contribution >= 4 is 45.4 Å². The number of hydrogen-bond donors (Lipinski definition) is 2. The van der Waals surface area contributed by atoms with Gasteiger partial charge < -0.3 is 20.1 Å². The number of benzene rings is 2. The maximum absolute atomic E-state index is 12.8. The van der Waals surface area contributed by atoms with Gasteiger partial charge >= 0.3 is 0 Å². The molecule has 2 amide bonds. The highest BCUT2D eigenvalue weighted by Crippen LogP contribution is 2.29. The van der Waals surface area contributed by atoms with Crippen molar-refractivity contribution in [3.63, 3.8) is 0 Å². The van der Waals surface area contributed by atoms with Crippen molar-refractivity contribution in [1.82, 2.24) is 0 Å². The van der Waals surface area contributed by atoms with Crippen LogP contribution in [0.1, 0.15) is 27.6 Å². The van der Waals surface area contributed by atoms with E-state index in [4.69, 9.17) is 21.1 Å². The molecule has 0 aliphatic heterocycles. The van der Waals surface area contributed by atoms with Gasteiger partial charge in [-0.1, -0.05) is 23.7 Å². The molecule has 0 fully saturated rings. The van der Waals surface area contributed by atoms with Gasteiger partial charge in [-0.25, -0.2) is 0 Å². The number of hydrogen-bond acceptors (Lipinski definition) is 5. The third kappa shape index (κ3) is 4.88. The third-order valence-electron chi connectivity index (χ3n) is 3.98. The van der Waals surface area contributed by atoms with E-state index in [1.54, 1.807) is 41.8 Å². The predicted octanol–water partition coefficient (Wildman–Crippen LogP) is 5.31. The molecule has 0 aliphatic rings. The molecule has 2 aromatic carbocycles. The van der Waals surface area contributed by atoms with Crippen LogP contribution >= 0.6 is 22.9 Å². The smallest absolute Gasteiger partial charge is 0.260 e. The van der Waals surface area contributed by atoms with E-state index >= 15 is 0 Å². The maximum Gasteiger partial charge on any atom is 0.260 e. The van der Waals surface area contributed by atoms with E-state index in [2.05, 4.69) is 10.6 Å². The van der Waals surface area contributed by atoms with Crippen LogP contribution in [-0.4, -0.2) is 25.5 Å². The molecule has 0 atom stereocenters. The van der Waals surface area contributed by atoms with Gasteiger partial charge in [-0.05, 0) is 48.7 Å². The summed E-state index contributed by atoms with van der Waals surface area (Å²) in [5.41, 5.74) is 1.18. The molecule has 0 unspecified atom stereocenters. The highest BCUT2D eigenvalue weighted by atomic mass is 35.5. The largest absolute Gasteiger partial charge is 0.496 e. The van der Waals surface area contributed by atoms with Gasteiger partial charge in [0.15, 0.2) is 0 Å². The number of rotatable bonds is 7. The molecule has 29 heavy (non-hydrogen) atoms. The number of para-hydroxylation sites is 2. The van der Waals surface area contributed by atoms with Gasteiger partial charge in [-0.3, -0.25) is 9.59 Å². The van der Waals surface area contributed by atoms with E-state index in [9.17, 15) is 9.59 Å². The Morgan fingerprint density at radius 3 is 2.52 bits per heavy atom. The van der Waals surface area contributed by atoms with Crippen LogP contribution in [0.5, 0.6) is 11.5 Å². The molecule has 3 aromatic rings. The minimum absolute atomic E-state index is 0.279. The average molecular weight is 431 g/mol. The Hall–Kier alpha value is -3.03. The van der Waals surface area contributed by atoms with E-state index in [1.165, 1.54) is 24.5 Å². The summed E-state index contributed by atoms with van der Waals surface area (Å²) in [6.45, 7) is 2.35. The second-order valence-electron chi connectivity index (χ2n) is 5.85. The molecule has 1 aromatic heterocycles. The van der Waals surface area contributed by atoms with Crippen LogP contribution in [-0.2, 0) is 0 Å². The normalized spacial score (nSPS) is 10.3.